The van der Waals surface area contributed by atoms with Crippen LogP contribution in [-0.4, -0.2) is 89.2 Å². The molecule has 0 bridgehead atoms. The van der Waals surface area contributed by atoms with Crippen LogP contribution in [0.5, 0.6) is 0 Å². The van der Waals surface area contributed by atoms with Gasteiger partial charge in [-0.1, -0.05) is 179 Å². The minimum absolute atomic E-state index is 0.0491. The van der Waals surface area contributed by atoms with Crippen molar-refractivity contribution in [3.63, 3.8) is 0 Å². The van der Waals surface area contributed by atoms with Gasteiger partial charge < -0.3 is 39.0 Å². The Balaban J connectivity index is 2.72. The van der Waals surface area contributed by atoms with Crippen molar-refractivity contribution in [2.45, 2.75) is 276 Å². The third-order valence-electron chi connectivity index (χ3n) is 12.3. The molecule has 1 aliphatic rings. The summed E-state index contributed by atoms with van der Waals surface area (Å²) in [5.41, 5.74) is 0. The molecule has 6 unspecified atom stereocenters. The van der Waals surface area contributed by atoms with Gasteiger partial charge in [0, 0.05) is 19.3 Å². The lowest BCUT2D eigenvalue weighted by Gasteiger charge is -2.40. The van der Waals surface area contributed by atoms with Crippen LogP contribution in [0.1, 0.15) is 239 Å². The lowest BCUT2D eigenvalue weighted by atomic mass is 9.98. The molecule has 1 aliphatic heterocycles. The lowest BCUT2D eigenvalue weighted by Crippen LogP contribution is -2.61. The molecule has 0 spiro atoms. The molecule has 0 saturated carbocycles. The SMILES string of the molecule is CCC/C=C\C/C=C\CCCCCCCC(=O)OCC(COC1OC(C(=O)O)C(O)C(O)C1OC(=O)CCCCCCC/C=C\CCCCCCCC)OC(=O)CCCCCCC/C=C\CCCC. The first-order valence-electron chi connectivity index (χ1n) is 27.6. The molecule has 69 heavy (non-hydrogen) atoms. The fourth-order valence-corrected chi connectivity index (χ4v) is 8.03. The van der Waals surface area contributed by atoms with Crippen molar-refractivity contribution in [2.24, 2.45) is 0 Å². The Kier molecular flexibility index (Phi) is 42.3. The standard InChI is InChI=1S/C57H98O12/c1-4-7-10-13-16-19-22-24-25-27-30-33-36-39-42-45-51(60)68-55-53(62)52(61)54(56(63)64)69-57(55)66-47-48(67-50(59)44-41-38-35-32-28-21-18-15-12-9-6-3)46-65-49(58)43-40-37-34-31-29-26-23-20-17-14-11-8-5-2/h11,14-15,18,20,23-25,48,52-55,57,61-62H,4-10,12-13,16-17,19,21-22,26-47H2,1-3H3,(H,63,64)/b14-11-,18-15-,23-20-,25-24-. The van der Waals surface area contributed by atoms with Crippen LogP contribution in [0.2, 0.25) is 0 Å². The zero-order valence-electron chi connectivity index (χ0n) is 43.6. The van der Waals surface area contributed by atoms with Gasteiger partial charge in [-0.25, -0.2) is 4.79 Å². The number of aliphatic carboxylic acids is 1. The number of unbranched alkanes of at least 4 members (excludes halogenated alkanes) is 24. The Labute approximate surface area is 418 Å². The van der Waals surface area contributed by atoms with Crippen LogP contribution in [0.3, 0.4) is 0 Å². The van der Waals surface area contributed by atoms with Crippen LogP contribution in [0.25, 0.3) is 0 Å². The first-order chi connectivity index (χ1) is 33.6. The van der Waals surface area contributed by atoms with E-state index in [4.69, 9.17) is 23.7 Å². The smallest absolute Gasteiger partial charge is 0.335 e. The van der Waals surface area contributed by atoms with Gasteiger partial charge >= 0.3 is 23.9 Å². The molecular formula is C57H98O12. The number of hydrogen-bond donors (Lipinski definition) is 3. The number of hydrogen-bond acceptors (Lipinski definition) is 11. The molecule has 1 heterocycles. The first kappa shape index (κ1) is 63.7. The fraction of sp³-hybridized carbons (Fsp3) is 0.789. The van der Waals surface area contributed by atoms with Gasteiger partial charge in [0.25, 0.3) is 0 Å². The van der Waals surface area contributed by atoms with Crippen molar-refractivity contribution in [2.75, 3.05) is 13.2 Å². The Morgan fingerprint density at radius 2 is 0.913 bits per heavy atom. The summed E-state index contributed by atoms with van der Waals surface area (Å²) in [5.74, 6) is -3.15. The summed E-state index contributed by atoms with van der Waals surface area (Å²) in [5, 5.41) is 31.4. The number of ether oxygens (including phenoxy) is 5. The molecule has 1 saturated heterocycles. The van der Waals surface area contributed by atoms with E-state index in [-0.39, 0.29) is 25.9 Å². The maximum absolute atomic E-state index is 13.1. The predicted molar refractivity (Wildman–Crippen MR) is 276 cm³/mol. The van der Waals surface area contributed by atoms with Gasteiger partial charge in [0.05, 0.1) is 6.61 Å². The normalized spacial score (nSPS) is 19.0. The molecule has 0 aliphatic carbocycles. The first-order valence-corrected chi connectivity index (χ1v) is 27.6. The summed E-state index contributed by atoms with van der Waals surface area (Å²) in [6.07, 6.45) is 40.9. The van der Waals surface area contributed by atoms with Gasteiger partial charge in [0.15, 0.2) is 24.6 Å². The second-order valence-corrected chi connectivity index (χ2v) is 18.9. The summed E-state index contributed by atoms with van der Waals surface area (Å²) >= 11 is 0. The van der Waals surface area contributed by atoms with E-state index in [2.05, 4.69) is 69.4 Å². The van der Waals surface area contributed by atoms with Crippen LogP contribution >= 0.6 is 0 Å². The van der Waals surface area contributed by atoms with E-state index in [9.17, 15) is 34.5 Å². The average molecular weight is 975 g/mol. The number of carbonyl (C=O) groups excluding carboxylic acids is 3. The molecule has 0 aromatic heterocycles. The highest BCUT2D eigenvalue weighted by atomic mass is 16.7. The lowest BCUT2D eigenvalue weighted by molar-refractivity contribution is -0.301. The molecule has 0 aromatic carbocycles. The molecule has 0 radical (unpaired) electrons. The molecule has 398 valence electrons. The van der Waals surface area contributed by atoms with E-state index in [0.717, 1.165) is 128 Å². The number of carbonyl (C=O) groups is 4. The van der Waals surface area contributed by atoms with Crippen LogP contribution in [-0.2, 0) is 42.9 Å². The molecule has 0 aromatic rings. The Morgan fingerprint density at radius 1 is 0.478 bits per heavy atom. The van der Waals surface area contributed by atoms with Crippen LogP contribution in [0, 0.1) is 0 Å². The Hall–Kier alpha value is -3.32. The van der Waals surface area contributed by atoms with Crippen molar-refractivity contribution < 1.29 is 58.2 Å². The third-order valence-corrected chi connectivity index (χ3v) is 12.3. The van der Waals surface area contributed by atoms with Crippen molar-refractivity contribution in [3.05, 3.63) is 48.6 Å². The molecule has 3 N–H and O–H groups in total. The van der Waals surface area contributed by atoms with Gasteiger partial charge in [-0.2, -0.15) is 0 Å². The zero-order chi connectivity index (χ0) is 50.4. The van der Waals surface area contributed by atoms with Gasteiger partial charge in [0.1, 0.15) is 18.8 Å². The van der Waals surface area contributed by atoms with E-state index in [0.29, 0.717) is 19.3 Å². The van der Waals surface area contributed by atoms with Crippen LogP contribution < -0.4 is 0 Å². The van der Waals surface area contributed by atoms with E-state index >= 15 is 0 Å². The number of esters is 3. The second kappa shape index (κ2) is 45.8. The highest BCUT2D eigenvalue weighted by Gasteiger charge is 2.50. The fourth-order valence-electron chi connectivity index (χ4n) is 8.03. The maximum atomic E-state index is 13.1. The quantitative estimate of drug-likeness (QED) is 0.0228. The van der Waals surface area contributed by atoms with Crippen LogP contribution in [0.4, 0.5) is 0 Å². The summed E-state index contributed by atoms with van der Waals surface area (Å²) in [6, 6.07) is 0. The topological polar surface area (TPSA) is 175 Å². The van der Waals surface area contributed by atoms with Gasteiger partial charge in [-0.15, -0.1) is 0 Å². The summed E-state index contributed by atoms with van der Waals surface area (Å²) < 4.78 is 28.3. The van der Waals surface area contributed by atoms with Gasteiger partial charge in [0.2, 0.25) is 0 Å². The van der Waals surface area contributed by atoms with Crippen molar-refractivity contribution in [1.29, 1.82) is 0 Å². The average Bonchev–Trinajstić information content (AvgIpc) is 3.33. The number of rotatable bonds is 46. The Morgan fingerprint density at radius 3 is 1.42 bits per heavy atom. The van der Waals surface area contributed by atoms with E-state index in [1.165, 1.54) is 51.4 Å². The molecular weight excluding hydrogens is 877 g/mol. The number of allylic oxidation sites excluding steroid dienone is 8. The van der Waals surface area contributed by atoms with E-state index in [1.807, 2.05) is 0 Å². The van der Waals surface area contributed by atoms with E-state index < -0.39 is 67.3 Å². The minimum Gasteiger partial charge on any atom is -0.479 e. The molecule has 12 nitrogen and oxygen atoms in total. The number of aliphatic hydroxyl groups is 2. The predicted octanol–water partition coefficient (Wildman–Crippen LogP) is 13.4. The largest absolute Gasteiger partial charge is 0.479 e. The highest BCUT2D eigenvalue weighted by molar-refractivity contribution is 5.74. The minimum atomic E-state index is -1.91. The van der Waals surface area contributed by atoms with E-state index in [1.54, 1.807) is 0 Å². The molecule has 12 heteroatoms. The van der Waals surface area contributed by atoms with Crippen molar-refractivity contribution in [1.82, 2.24) is 0 Å². The molecule has 1 rings (SSSR count). The van der Waals surface area contributed by atoms with Gasteiger partial charge in [-0.05, 0) is 89.9 Å². The molecule has 0 amide bonds. The number of carboxylic acid groups (broad SMARTS) is 1. The number of aliphatic hydroxyl groups excluding tert-OH is 2. The third kappa shape index (κ3) is 36.3. The second-order valence-electron chi connectivity index (χ2n) is 18.9. The zero-order valence-corrected chi connectivity index (χ0v) is 43.6. The Bertz CT molecular complexity index is 1390. The van der Waals surface area contributed by atoms with Crippen LogP contribution in [0.15, 0.2) is 48.6 Å². The summed E-state index contributed by atoms with van der Waals surface area (Å²) in [6.45, 7) is 5.85. The molecule has 6 atom stereocenters. The number of carboxylic acids is 1. The summed E-state index contributed by atoms with van der Waals surface area (Å²) in [4.78, 5) is 50.9. The van der Waals surface area contributed by atoms with Gasteiger partial charge in [-0.3, -0.25) is 14.4 Å². The highest BCUT2D eigenvalue weighted by Crippen LogP contribution is 2.26. The van der Waals surface area contributed by atoms with Crippen molar-refractivity contribution >= 4 is 23.9 Å². The summed E-state index contributed by atoms with van der Waals surface area (Å²) in [7, 11) is 0. The monoisotopic (exact) mass is 975 g/mol. The maximum Gasteiger partial charge on any atom is 0.335 e. The molecule has 1 fully saturated rings. The van der Waals surface area contributed by atoms with Crippen molar-refractivity contribution in [3.8, 4) is 0 Å².